The molecule has 2 N–H and O–H groups in total. The molecular formula is C13H26N2O. The van der Waals surface area contributed by atoms with Crippen LogP contribution in [-0.4, -0.2) is 29.9 Å². The first-order chi connectivity index (χ1) is 7.54. The molecule has 1 fully saturated rings. The molecule has 1 amide bonds. The number of hydrogen-bond donors (Lipinski definition) is 1. The lowest BCUT2D eigenvalue weighted by atomic mass is 10.0. The summed E-state index contributed by atoms with van der Waals surface area (Å²) in [7, 11) is 1.92. The molecule has 0 aromatic carbocycles. The van der Waals surface area contributed by atoms with Crippen molar-refractivity contribution >= 4 is 5.91 Å². The molecule has 0 spiro atoms. The number of rotatable bonds is 3. The number of nitrogens with zero attached hydrogens (tertiary/aromatic N) is 1. The zero-order valence-electron chi connectivity index (χ0n) is 10.9. The molecule has 0 heterocycles. The fourth-order valence-electron chi connectivity index (χ4n) is 2.35. The van der Waals surface area contributed by atoms with Crippen molar-refractivity contribution in [1.29, 1.82) is 0 Å². The van der Waals surface area contributed by atoms with E-state index in [9.17, 15) is 4.79 Å². The van der Waals surface area contributed by atoms with Gasteiger partial charge in [0.25, 0.3) is 0 Å². The topological polar surface area (TPSA) is 46.3 Å². The lowest BCUT2D eigenvalue weighted by Crippen LogP contribution is -2.48. The maximum atomic E-state index is 12.1. The van der Waals surface area contributed by atoms with Gasteiger partial charge in [0.15, 0.2) is 0 Å². The van der Waals surface area contributed by atoms with Crippen LogP contribution in [0.15, 0.2) is 0 Å². The van der Waals surface area contributed by atoms with Crippen molar-refractivity contribution < 1.29 is 4.79 Å². The van der Waals surface area contributed by atoms with Crippen LogP contribution in [0, 0.1) is 5.92 Å². The number of carbonyl (C=O) groups excluding carboxylic acids is 1. The molecule has 1 aliphatic carbocycles. The minimum absolute atomic E-state index is 0.113. The van der Waals surface area contributed by atoms with Crippen molar-refractivity contribution in [3.63, 3.8) is 0 Å². The minimum atomic E-state index is -0.340. The van der Waals surface area contributed by atoms with Gasteiger partial charge in [0, 0.05) is 13.1 Å². The first-order valence-electron chi connectivity index (χ1n) is 6.56. The number of carbonyl (C=O) groups is 1. The molecule has 0 aliphatic heterocycles. The second-order valence-electron chi connectivity index (χ2n) is 5.36. The molecule has 1 aliphatic rings. The van der Waals surface area contributed by atoms with E-state index in [0.29, 0.717) is 6.04 Å². The van der Waals surface area contributed by atoms with Gasteiger partial charge in [0.05, 0.1) is 6.04 Å². The van der Waals surface area contributed by atoms with Crippen LogP contribution in [0.4, 0.5) is 0 Å². The number of amides is 1. The minimum Gasteiger partial charge on any atom is -0.341 e. The lowest BCUT2D eigenvalue weighted by Gasteiger charge is -2.30. The monoisotopic (exact) mass is 226 g/mol. The van der Waals surface area contributed by atoms with Gasteiger partial charge in [0.1, 0.15) is 0 Å². The molecule has 1 atom stereocenters. The smallest absolute Gasteiger partial charge is 0.239 e. The molecule has 3 nitrogen and oxygen atoms in total. The molecule has 0 saturated heterocycles. The normalized spacial score (nSPS) is 20.6. The molecule has 0 radical (unpaired) electrons. The van der Waals surface area contributed by atoms with E-state index < -0.39 is 0 Å². The third kappa shape index (κ3) is 3.48. The summed E-state index contributed by atoms with van der Waals surface area (Å²) in [6, 6.07) is 0.0769. The van der Waals surface area contributed by atoms with Gasteiger partial charge in [-0.25, -0.2) is 0 Å². The number of nitrogens with two attached hydrogens (primary N) is 1. The maximum Gasteiger partial charge on any atom is 0.239 e. The molecule has 1 rings (SSSR count). The standard InChI is InChI=1S/C13H26N2O/c1-10(2)12(14)13(16)15(3)11-8-6-4-5-7-9-11/h10-12H,4-9,14H2,1-3H3/t12-/m1/s1. The first kappa shape index (κ1) is 13.5. The van der Waals surface area contributed by atoms with Gasteiger partial charge in [0.2, 0.25) is 5.91 Å². The Morgan fingerprint density at radius 1 is 1.19 bits per heavy atom. The lowest BCUT2D eigenvalue weighted by molar-refractivity contribution is -0.134. The molecule has 3 heteroatoms. The molecule has 1 saturated carbocycles. The van der Waals surface area contributed by atoms with Crippen LogP contribution >= 0.6 is 0 Å². The van der Waals surface area contributed by atoms with Gasteiger partial charge < -0.3 is 10.6 Å². The average Bonchev–Trinajstić information content (AvgIpc) is 2.54. The van der Waals surface area contributed by atoms with Gasteiger partial charge in [-0.1, -0.05) is 39.5 Å². The Labute approximate surface area is 99.4 Å². The predicted octanol–water partition coefficient (Wildman–Crippen LogP) is 2.15. The highest BCUT2D eigenvalue weighted by Crippen LogP contribution is 2.21. The fraction of sp³-hybridized carbons (Fsp3) is 0.923. The van der Waals surface area contributed by atoms with E-state index in [1.54, 1.807) is 0 Å². The summed E-state index contributed by atoms with van der Waals surface area (Å²) in [6.07, 6.45) is 7.42. The van der Waals surface area contributed by atoms with Gasteiger partial charge in [-0.2, -0.15) is 0 Å². The van der Waals surface area contributed by atoms with Crippen molar-refractivity contribution in [3.8, 4) is 0 Å². The van der Waals surface area contributed by atoms with Gasteiger partial charge in [-0.15, -0.1) is 0 Å². The van der Waals surface area contributed by atoms with E-state index in [-0.39, 0.29) is 17.9 Å². The molecule has 0 aromatic heterocycles. The van der Waals surface area contributed by atoms with E-state index in [0.717, 1.165) is 12.8 Å². The summed E-state index contributed by atoms with van der Waals surface area (Å²) in [6.45, 7) is 4.01. The molecular weight excluding hydrogens is 200 g/mol. The summed E-state index contributed by atoms with van der Waals surface area (Å²) in [5.41, 5.74) is 5.92. The van der Waals surface area contributed by atoms with Crippen LogP contribution < -0.4 is 5.73 Å². The Bertz CT molecular complexity index is 220. The van der Waals surface area contributed by atoms with Crippen LogP contribution in [0.25, 0.3) is 0 Å². The zero-order valence-corrected chi connectivity index (χ0v) is 10.9. The molecule has 0 unspecified atom stereocenters. The highest BCUT2D eigenvalue weighted by Gasteiger charge is 2.26. The quantitative estimate of drug-likeness (QED) is 0.750. The average molecular weight is 226 g/mol. The maximum absolute atomic E-state index is 12.1. The summed E-state index contributed by atoms with van der Waals surface area (Å²) in [4.78, 5) is 14.0. The SMILES string of the molecule is CC(C)[C@@H](N)C(=O)N(C)C1CCCCCC1. The largest absolute Gasteiger partial charge is 0.341 e. The highest BCUT2D eigenvalue weighted by atomic mass is 16.2. The van der Waals surface area contributed by atoms with Gasteiger partial charge in [-0.3, -0.25) is 4.79 Å². The molecule has 94 valence electrons. The third-order valence-electron chi connectivity index (χ3n) is 3.72. The summed E-state index contributed by atoms with van der Waals surface area (Å²) >= 11 is 0. The Hall–Kier alpha value is -0.570. The number of likely N-dealkylation sites (N-methyl/N-ethyl adjacent to an activating group) is 1. The molecule has 16 heavy (non-hydrogen) atoms. The molecule has 0 bridgehead atoms. The van der Waals surface area contributed by atoms with Gasteiger partial charge >= 0.3 is 0 Å². The Kier molecular flexibility index (Phi) is 5.26. The summed E-state index contributed by atoms with van der Waals surface area (Å²) in [5.74, 6) is 0.336. The Balaban J connectivity index is 2.54. The Morgan fingerprint density at radius 2 is 1.69 bits per heavy atom. The van der Waals surface area contributed by atoms with Crippen molar-refractivity contribution in [2.45, 2.75) is 64.5 Å². The van der Waals surface area contributed by atoms with E-state index >= 15 is 0 Å². The van der Waals surface area contributed by atoms with Crippen molar-refractivity contribution in [1.82, 2.24) is 4.90 Å². The van der Waals surface area contributed by atoms with Crippen molar-refractivity contribution in [2.75, 3.05) is 7.05 Å². The second kappa shape index (κ2) is 6.24. The van der Waals surface area contributed by atoms with Crippen molar-refractivity contribution in [2.24, 2.45) is 11.7 Å². The first-order valence-corrected chi connectivity index (χ1v) is 6.56. The fourth-order valence-corrected chi connectivity index (χ4v) is 2.35. The zero-order chi connectivity index (χ0) is 12.1. The van der Waals surface area contributed by atoms with Crippen LogP contribution in [0.5, 0.6) is 0 Å². The van der Waals surface area contributed by atoms with Crippen LogP contribution in [0.3, 0.4) is 0 Å². The van der Waals surface area contributed by atoms with E-state index in [1.807, 2.05) is 25.8 Å². The van der Waals surface area contributed by atoms with Crippen molar-refractivity contribution in [3.05, 3.63) is 0 Å². The van der Waals surface area contributed by atoms with E-state index in [2.05, 4.69) is 0 Å². The second-order valence-corrected chi connectivity index (χ2v) is 5.36. The van der Waals surface area contributed by atoms with Crippen LogP contribution in [-0.2, 0) is 4.79 Å². The summed E-state index contributed by atoms with van der Waals surface area (Å²) in [5, 5.41) is 0. The van der Waals surface area contributed by atoms with Crippen LogP contribution in [0.1, 0.15) is 52.4 Å². The highest BCUT2D eigenvalue weighted by molar-refractivity contribution is 5.81. The predicted molar refractivity (Wildman–Crippen MR) is 67.1 cm³/mol. The van der Waals surface area contributed by atoms with Gasteiger partial charge in [-0.05, 0) is 18.8 Å². The van der Waals surface area contributed by atoms with E-state index in [1.165, 1.54) is 25.7 Å². The summed E-state index contributed by atoms with van der Waals surface area (Å²) < 4.78 is 0. The third-order valence-corrected chi connectivity index (χ3v) is 3.72. The van der Waals surface area contributed by atoms with E-state index in [4.69, 9.17) is 5.73 Å². The molecule has 0 aromatic rings. The number of hydrogen-bond acceptors (Lipinski definition) is 2. The van der Waals surface area contributed by atoms with Crippen LogP contribution in [0.2, 0.25) is 0 Å². The Morgan fingerprint density at radius 3 is 2.12 bits per heavy atom.